The molecule has 2 rings (SSSR count). The number of hydrogen-bond donors (Lipinski definition) is 0. The smallest absolute Gasteiger partial charge is 0.352 e. The maximum Gasteiger partial charge on any atom is 0.418 e. The van der Waals surface area contributed by atoms with E-state index in [4.69, 9.17) is 0 Å². The minimum Gasteiger partial charge on any atom is -0.352 e. The first-order chi connectivity index (χ1) is 7.07. The molecule has 1 aliphatic rings. The van der Waals surface area contributed by atoms with Crippen LogP contribution in [0.1, 0.15) is 4.88 Å². The van der Waals surface area contributed by atoms with Gasteiger partial charge in [0.15, 0.2) is 5.37 Å². The molecule has 0 N–H and O–H groups in total. The van der Waals surface area contributed by atoms with Crippen LogP contribution in [0.3, 0.4) is 0 Å². The molecular weight excluding hydrogens is 243 g/mol. The minimum atomic E-state index is -4.18. The summed E-state index contributed by atoms with van der Waals surface area (Å²) in [4.78, 5) is 2.26. The van der Waals surface area contributed by atoms with E-state index >= 15 is 0 Å². The van der Waals surface area contributed by atoms with Gasteiger partial charge in [0, 0.05) is 11.1 Å². The van der Waals surface area contributed by atoms with E-state index in [0.717, 1.165) is 16.6 Å². The van der Waals surface area contributed by atoms with Crippen LogP contribution in [0.15, 0.2) is 29.1 Å². The van der Waals surface area contributed by atoms with Crippen molar-refractivity contribution in [2.24, 2.45) is 0 Å². The van der Waals surface area contributed by atoms with Gasteiger partial charge in [0.05, 0.1) is 6.54 Å². The molecule has 1 atom stereocenters. The first-order valence-electron chi connectivity index (χ1n) is 4.24. The molecule has 0 aliphatic carbocycles. The number of rotatable bonds is 2. The lowest BCUT2D eigenvalue weighted by atomic mass is 10.4. The Bertz CT molecular complexity index is 345. The van der Waals surface area contributed by atoms with Crippen LogP contribution in [0.5, 0.6) is 0 Å². The topological polar surface area (TPSA) is 3.24 Å². The SMILES string of the molecule is FC(F)(F)C1SC=CN1Cc1cccs1. The van der Waals surface area contributed by atoms with Gasteiger partial charge in [-0.05, 0) is 16.9 Å². The van der Waals surface area contributed by atoms with Gasteiger partial charge in [-0.3, -0.25) is 0 Å². The first-order valence-corrected chi connectivity index (χ1v) is 6.06. The van der Waals surface area contributed by atoms with E-state index in [1.165, 1.54) is 27.8 Å². The van der Waals surface area contributed by atoms with Crippen LogP contribution in [0.25, 0.3) is 0 Å². The lowest BCUT2D eigenvalue weighted by Gasteiger charge is -2.25. The third kappa shape index (κ3) is 2.49. The molecule has 0 spiro atoms. The zero-order valence-corrected chi connectivity index (χ0v) is 9.20. The number of hydrogen-bond acceptors (Lipinski definition) is 3. The summed E-state index contributed by atoms with van der Waals surface area (Å²) in [6, 6.07) is 3.68. The van der Waals surface area contributed by atoms with Gasteiger partial charge in [-0.15, -0.1) is 11.3 Å². The normalized spacial score (nSPS) is 21.3. The van der Waals surface area contributed by atoms with E-state index in [-0.39, 0.29) is 0 Å². The van der Waals surface area contributed by atoms with Crippen molar-refractivity contribution < 1.29 is 13.2 Å². The second-order valence-electron chi connectivity index (χ2n) is 3.07. The Morgan fingerprint density at radius 3 is 2.80 bits per heavy atom. The van der Waals surface area contributed by atoms with Gasteiger partial charge in [-0.2, -0.15) is 13.2 Å². The minimum absolute atomic E-state index is 0.325. The van der Waals surface area contributed by atoms with Crippen molar-refractivity contribution in [2.45, 2.75) is 18.1 Å². The second-order valence-corrected chi connectivity index (χ2v) is 5.09. The van der Waals surface area contributed by atoms with Crippen LogP contribution < -0.4 is 0 Å². The second kappa shape index (κ2) is 4.09. The van der Waals surface area contributed by atoms with E-state index < -0.39 is 11.6 Å². The molecule has 1 aliphatic heterocycles. The molecule has 0 fully saturated rings. The molecule has 0 bridgehead atoms. The first kappa shape index (κ1) is 10.9. The van der Waals surface area contributed by atoms with Crippen LogP contribution in [0.4, 0.5) is 13.2 Å². The summed E-state index contributed by atoms with van der Waals surface area (Å²) in [5.41, 5.74) is 0. The van der Waals surface area contributed by atoms with E-state index in [1.54, 1.807) is 0 Å². The summed E-state index contributed by atoms with van der Waals surface area (Å²) in [5, 5.41) is 1.93. The van der Waals surface area contributed by atoms with Crippen LogP contribution in [-0.4, -0.2) is 16.5 Å². The van der Waals surface area contributed by atoms with Gasteiger partial charge in [0.2, 0.25) is 0 Å². The Morgan fingerprint density at radius 2 is 2.20 bits per heavy atom. The molecule has 6 heteroatoms. The molecule has 0 amide bonds. The quantitative estimate of drug-likeness (QED) is 0.789. The van der Waals surface area contributed by atoms with Crippen LogP contribution in [-0.2, 0) is 6.54 Å². The van der Waals surface area contributed by atoms with E-state index in [9.17, 15) is 13.2 Å². The van der Waals surface area contributed by atoms with Crippen molar-refractivity contribution in [3.63, 3.8) is 0 Å². The summed E-state index contributed by atoms with van der Waals surface area (Å²) >= 11 is 2.27. The number of nitrogens with zero attached hydrogens (tertiary/aromatic N) is 1. The molecule has 1 unspecified atom stereocenters. The molecule has 1 nitrogen and oxygen atoms in total. The lowest BCUT2D eigenvalue weighted by molar-refractivity contribution is -0.151. The molecule has 1 aromatic rings. The van der Waals surface area contributed by atoms with Gasteiger partial charge in [-0.1, -0.05) is 17.8 Å². The number of alkyl halides is 3. The van der Waals surface area contributed by atoms with Gasteiger partial charge >= 0.3 is 6.18 Å². The highest BCUT2D eigenvalue weighted by atomic mass is 32.2. The Morgan fingerprint density at radius 1 is 1.40 bits per heavy atom. The molecule has 0 saturated heterocycles. The maximum atomic E-state index is 12.5. The van der Waals surface area contributed by atoms with Crippen LogP contribution in [0.2, 0.25) is 0 Å². The van der Waals surface area contributed by atoms with Gasteiger partial charge < -0.3 is 4.90 Å². The zero-order valence-electron chi connectivity index (χ0n) is 7.57. The van der Waals surface area contributed by atoms with Crippen molar-refractivity contribution in [3.8, 4) is 0 Å². The van der Waals surface area contributed by atoms with E-state index in [1.807, 2.05) is 17.5 Å². The monoisotopic (exact) mass is 251 g/mol. The number of halogens is 3. The Labute approximate surface area is 93.6 Å². The fourth-order valence-electron chi connectivity index (χ4n) is 1.33. The standard InChI is InChI=1S/C9H8F3NS2/c10-9(11,12)8-13(3-5-15-8)6-7-2-1-4-14-7/h1-5,8H,6H2. The molecular formula is C9H8F3NS2. The van der Waals surface area contributed by atoms with Gasteiger partial charge in [0.25, 0.3) is 0 Å². The third-order valence-electron chi connectivity index (χ3n) is 1.96. The molecule has 2 heterocycles. The summed E-state index contributed by atoms with van der Waals surface area (Å²) in [5.74, 6) is 0. The van der Waals surface area contributed by atoms with Crippen molar-refractivity contribution in [2.75, 3.05) is 0 Å². The maximum absolute atomic E-state index is 12.5. The summed E-state index contributed by atoms with van der Waals surface area (Å²) in [6.45, 7) is 0.325. The summed E-state index contributed by atoms with van der Waals surface area (Å²) < 4.78 is 37.6. The number of thiophene rings is 1. The Balaban J connectivity index is 2.05. The average Bonchev–Trinajstić information content (AvgIpc) is 2.73. The van der Waals surface area contributed by atoms with Crippen molar-refractivity contribution in [1.82, 2.24) is 4.90 Å². The Kier molecular flexibility index (Phi) is 2.97. The van der Waals surface area contributed by atoms with E-state index in [0.29, 0.717) is 6.54 Å². The predicted octanol–water partition coefficient (Wildman–Crippen LogP) is 3.66. The van der Waals surface area contributed by atoms with Gasteiger partial charge in [-0.25, -0.2) is 0 Å². The largest absolute Gasteiger partial charge is 0.418 e. The van der Waals surface area contributed by atoms with Crippen molar-refractivity contribution in [3.05, 3.63) is 34.0 Å². The highest BCUT2D eigenvalue weighted by Gasteiger charge is 2.44. The zero-order chi connectivity index (χ0) is 10.9. The van der Waals surface area contributed by atoms with Gasteiger partial charge in [0.1, 0.15) is 0 Å². The lowest BCUT2D eigenvalue weighted by Crippen LogP contribution is -2.37. The molecule has 0 saturated carbocycles. The van der Waals surface area contributed by atoms with Crippen LogP contribution >= 0.6 is 23.1 Å². The van der Waals surface area contributed by atoms with Crippen molar-refractivity contribution in [1.29, 1.82) is 0 Å². The third-order valence-corrected chi connectivity index (χ3v) is 3.90. The Hall–Kier alpha value is -0.620. The molecule has 82 valence electrons. The fourth-order valence-corrected chi connectivity index (χ4v) is 2.87. The summed E-state index contributed by atoms with van der Waals surface area (Å²) in [7, 11) is 0. The molecule has 15 heavy (non-hydrogen) atoms. The molecule has 0 radical (unpaired) electrons. The van der Waals surface area contributed by atoms with Crippen molar-refractivity contribution >= 4 is 23.1 Å². The molecule has 1 aromatic heterocycles. The predicted molar refractivity (Wildman–Crippen MR) is 56.4 cm³/mol. The highest BCUT2D eigenvalue weighted by molar-refractivity contribution is 8.02. The number of thioether (sulfide) groups is 1. The summed E-state index contributed by atoms with van der Waals surface area (Å²) in [6.07, 6.45) is -2.67. The fraction of sp³-hybridized carbons (Fsp3) is 0.333. The van der Waals surface area contributed by atoms with E-state index in [2.05, 4.69) is 0 Å². The highest BCUT2D eigenvalue weighted by Crippen LogP contribution is 2.38. The average molecular weight is 251 g/mol. The van der Waals surface area contributed by atoms with Crippen LogP contribution in [0, 0.1) is 0 Å². The molecule has 0 aromatic carbocycles.